The van der Waals surface area contributed by atoms with Gasteiger partial charge in [0.05, 0.1) is 38.7 Å². The third-order valence-corrected chi connectivity index (χ3v) is 19.4. The predicted molar refractivity (Wildman–Crippen MR) is 365 cm³/mol. The number of fused-ring (bicyclic) bond motifs is 12. The van der Waals surface area contributed by atoms with Crippen LogP contribution in [0.2, 0.25) is 0 Å². The average molecular weight is 1140 g/mol. The first-order valence-electron chi connectivity index (χ1n) is 33.4. The maximum Gasteiger partial charge on any atom is 0.249 e. The molecule has 0 fully saturated rings. The van der Waals surface area contributed by atoms with Gasteiger partial charge in [0.2, 0.25) is 6.71 Å². The Kier molecular flexibility index (Phi) is 9.36. The van der Waals surface area contributed by atoms with Gasteiger partial charge in [-0.2, -0.15) is 0 Å². The summed E-state index contributed by atoms with van der Waals surface area (Å²) in [6.45, 7) is 4.15. The fourth-order valence-electron chi connectivity index (χ4n) is 14.3. The van der Waals surface area contributed by atoms with Crippen LogP contribution in [0.15, 0.2) is 301 Å². The van der Waals surface area contributed by atoms with Crippen molar-refractivity contribution in [2.75, 3.05) is 4.90 Å². The van der Waals surface area contributed by atoms with Crippen molar-refractivity contribution < 1.29 is 15.7 Å². The van der Waals surface area contributed by atoms with Gasteiger partial charge in [-0.15, -0.1) is 0 Å². The largest absolute Gasteiger partial charge is 0.457 e. The number of para-hydroxylation sites is 6. The highest BCUT2D eigenvalue weighted by atomic mass is 32.2. The molecule has 3 aliphatic heterocycles. The molecule has 5 heterocycles. The third kappa shape index (κ3) is 7.60. The van der Waals surface area contributed by atoms with Gasteiger partial charge in [0.1, 0.15) is 11.5 Å². The fourth-order valence-corrected chi connectivity index (χ4v) is 15.5. The standard InChI is InChI=1S/C81H54BN3OS/c1-81(2)65-30-13-18-35-75(65)86-76-47-54(38-43-66(76)81)56-46-74-79-78(49-56)87-77-48-55(51-36-40-57(41-37-51)83-69-31-14-9-24-61(69)62-25-10-15-32-70(62)83)39-44-68(77)82(79)67-45-42-58(84-71-33-16-11-26-63(71)64-27-12-17-34-72(64)84)50-73(67)85(74)80-59(52-20-5-3-6-21-52)28-19-29-60(80)53-22-7-4-8-23-53/h3-50H,1-2H3/i11D,12D,16D,17D,26D,27D,33D,34D. The van der Waals surface area contributed by atoms with E-state index >= 15 is 0 Å². The number of ether oxygens (including phenoxy) is 1. The van der Waals surface area contributed by atoms with Crippen molar-refractivity contribution >= 4 is 95.5 Å². The first kappa shape index (κ1) is 42.3. The van der Waals surface area contributed by atoms with Crippen LogP contribution in [-0.2, 0) is 5.41 Å². The van der Waals surface area contributed by atoms with Gasteiger partial charge < -0.3 is 18.8 Å². The smallest absolute Gasteiger partial charge is 0.249 e. The molecule has 2 aromatic heterocycles. The Morgan fingerprint density at radius 2 is 0.943 bits per heavy atom. The third-order valence-electron chi connectivity index (χ3n) is 18.3. The van der Waals surface area contributed by atoms with Gasteiger partial charge in [-0.1, -0.05) is 243 Å². The summed E-state index contributed by atoms with van der Waals surface area (Å²) in [5.41, 5.74) is 19.5. The van der Waals surface area contributed by atoms with E-state index in [4.69, 9.17) is 10.2 Å². The molecular weight excluding hydrogens is 1070 g/mol. The molecule has 0 amide bonds. The van der Waals surface area contributed by atoms with Gasteiger partial charge >= 0.3 is 0 Å². The van der Waals surface area contributed by atoms with Crippen LogP contribution in [0.25, 0.3) is 99.5 Å². The van der Waals surface area contributed by atoms with Gasteiger partial charge in [-0.25, -0.2) is 0 Å². The van der Waals surface area contributed by atoms with E-state index in [0.29, 0.717) is 5.69 Å². The highest BCUT2D eigenvalue weighted by Gasteiger charge is 2.43. The fraction of sp³-hybridized carbons (Fsp3) is 0.0370. The Bertz CT molecular complexity index is 5640. The van der Waals surface area contributed by atoms with Gasteiger partial charge in [0.15, 0.2) is 0 Å². The Morgan fingerprint density at radius 1 is 0.391 bits per heavy atom. The lowest BCUT2D eigenvalue weighted by atomic mass is 9.34. The second kappa shape index (κ2) is 19.2. The maximum absolute atomic E-state index is 9.63. The van der Waals surface area contributed by atoms with Crippen molar-refractivity contribution in [2.24, 2.45) is 0 Å². The molecule has 18 rings (SSSR count). The minimum absolute atomic E-state index is 0.0179. The lowest BCUT2D eigenvalue weighted by molar-refractivity contribution is 0.418. The molecule has 0 saturated carbocycles. The Labute approximate surface area is 521 Å². The van der Waals surface area contributed by atoms with E-state index in [1.54, 1.807) is 16.3 Å². The summed E-state index contributed by atoms with van der Waals surface area (Å²) in [6.07, 6.45) is 0. The second-order valence-corrected chi connectivity index (χ2v) is 24.4. The zero-order valence-electron chi connectivity index (χ0n) is 55.3. The topological polar surface area (TPSA) is 22.3 Å². The normalized spacial score (nSPS) is 14.8. The van der Waals surface area contributed by atoms with E-state index in [2.05, 4.69) is 236 Å². The van der Waals surface area contributed by atoms with E-state index < -0.39 is 24.2 Å². The molecular formula is C81H54BN3OS. The number of anilines is 3. The summed E-state index contributed by atoms with van der Waals surface area (Å²) in [5, 5.41) is 2.45. The minimum atomic E-state index is -0.493. The van der Waals surface area contributed by atoms with Gasteiger partial charge in [-0.3, -0.25) is 0 Å². The van der Waals surface area contributed by atoms with Crippen LogP contribution in [0.5, 0.6) is 11.5 Å². The molecule has 6 heteroatoms. The summed E-state index contributed by atoms with van der Waals surface area (Å²) in [5.74, 6) is 1.62. The molecule has 0 N–H and O–H groups in total. The molecule has 15 aromatic rings. The van der Waals surface area contributed by atoms with Gasteiger partial charge in [-0.05, 0) is 123 Å². The quantitative estimate of drug-likeness (QED) is 0.149. The average Bonchev–Trinajstić information content (AvgIpc) is 1.69. The molecule has 0 saturated heterocycles. The van der Waals surface area contributed by atoms with E-state index in [0.717, 1.165) is 127 Å². The van der Waals surface area contributed by atoms with Crippen LogP contribution in [0.3, 0.4) is 0 Å². The summed E-state index contributed by atoms with van der Waals surface area (Å²) in [4.78, 5) is 4.55. The Morgan fingerprint density at radius 3 is 1.64 bits per heavy atom. The monoisotopic (exact) mass is 1140 g/mol. The van der Waals surface area contributed by atoms with Crippen LogP contribution in [-0.4, -0.2) is 15.8 Å². The van der Waals surface area contributed by atoms with E-state index in [9.17, 15) is 5.48 Å². The number of nitrogens with zero attached hydrogens (tertiary/aromatic N) is 3. The zero-order valence-corrected chi connectivity index (χ0v) is 48.1. The van der Waals surface area contributed by atoms with Crippen LogP contribution in [0.4, 0.5) is 17.1 Å². The molecule has 0 spiro atoms. The highest BCUT2D eigenvalue weighted by Crippen LogP contribution is 2.53. The van der Waals surface area contributed by atoms with Crippen LogP contribution in [0, 0.1) is 0 Å². The molecule has 408 valence electrons. The molecule has 13 aromatic carbocycles. The number of benzene rings is 13. The molecule has 0 aliphatic carbocycles. The molecule has 0 bridgehead atoms. The first-order chi connectivity index (χ1) is 46.2. The number of aromatic nitrogens is 2. The van der Waals surface area contributed by atoms with Crippen LogP contribution < -0.4 is 26.0 Å². The number of hydrogen-bond donors (Lipinski definition) is 0. The molecule has 87 heavy (non-hydrogen) atoms. The molecule has 0 atom stereocenters. The summed E-state index contributed by atoms with van der Waals surface area (Å²) in [7, 11) is 0. The van der Waals surface area contributed by atoms with E-state index in [-0.39, 0.29) is 58.1 Å². The molecule has 0 radical (unpaired) electrons. The van der Waals surface area contributed by atoms with E-state index in [1.807, 2.05) is 30.3 Å². The second-order valence-electron chi connectivity index (χ2n) is 23.3. The first-order valence-corrected chi connectivity index (χ1v) is 30.2. The summed E-state index contributed by atoms with van der Waals surface area (Å²) < 4.78 is 84.9. The van der Waals surface area contributed by atoms with Crippen molar-refractivity contribution in [3.05, 3.63) is 302 Å². The molecule has 3 aliphatic rings. The Hall–Kier alpha value is -10.5. The summed E-state index contributed by atoms with van der Waals surface area (Å²) >= 11 is 1.77. The number of hydrogen-bond acceptors (Lipinski definition) is 3. The predicted octanol–water partition coefficient (Wildman–Crippen LogP) is 19.7. The molecule has 4 nitrogen and oxygen atoms in total. The Balaban J connectivity index is 0.914. The van der Waals surface area contributed by atoms with Gasteiger partial charge in [0, 0.05) is 81.8 Å². The van der Waals surface area contributed by atoms with Crippen LogP contribution in [0.1, 0.15) is 35.9 Å². The van der Waals surface area contributed by atoms with Crippen molar-refractivity contribution in [1.29, 1.82) is 0 Å². The maximum atomic E-state index is 9.63. The number of rotatable bonds is 7. The lowest BCUT2D eigenvalue weighted by Crippen LogP contribution is -2.59. The summed E-state index contributed by atoms with van der Waals surface area (Å²) in [6, 6.07) is 82.3. The van der Waals surface area contributed by atoms with E-state index in [1.165, 1.54) is 10.8 Å². The van der Waals surface area contributed by atoms with Crippen LogP contribution >= 0.6 is 11.8 Å². The van der Waals surface area contributed by atoms with Crippen molar-refractivity contribution in [3.63, 3.8) is 0 Å². The van der Waals surface area contributed by atoms with Crippen molar-refractivity contribution in [1.82, 2.24) is 9.13 Å². The lowest BCUT2D eigenvalue weighted by Gasteiger charge is -2.42. The van der Waals surface area contributed by atoms with Crippen molar-refractivity contribution in [3.8, 4) is 67.4 Å². The zero-order chi connectivity index (χ0) is 64.4. The van der Waals surface area contributed by atoms with Crippen molar-refractivity contribution in [2.45, 2.75) is 29.1 Å². The minimum Gasteiger partial charge on any atom is -0.457 e. The highest BCUT2D eigenvalue weighted by molar-refractivity contribution is 8.00. The van der Waals surface area contributed by atoms with Gasteiger partial charge in [0.25, 0.3) is 0 Å². The SMILES string of the molecule is [2H]c1c([2H])c([2H])c2c(c1[2H])c1c([2H])c([2H])c([2H])c([2H])c1n2-c1ccc2c(c1)N(c1c(-c3ccccc3)cccc1-c1ccccc1)c1cc(-c3ccc4c(c3)Oc3ccccc3C4(C)C)cc3c1B2c1ccc(-c2ccc(-n4c5ccccc5c5ccccc54)cc2)cc1S3. The molecule has 0 unspecified atom stereocenters.